The molecule has 0 aliphatic rings. The van der Waals surface area contributed by atoms with Gasteiger partial charge in [0, 0.05) is 12.8 Å². The zero-order valence-corrected chi connectivity index (χ0v) is 66.8. The lowest BCUT2D eigenvalue weighted by Gasteiger charge is -2.28. The van der Waals surface area contributed by atoms with Crippen molar-refractivity contribution in [2.45, 2.75) is 412 Å². The minimum atomic E-state index is -4.65. The van der Waals surface area contributed by atoms with E-state index in [-0.39, 0.29) is 32.0 Å². The summed E-state index contributed by atoms with van der Waals surface area (Å²) in [6, 6.07) is 0. The normalized spacial score (nSPS) is 13.5. The molecule has 2 atom stereocenters. The lowest BCUT2D eigenvalue weighted by Crippen LogP contribution is -2.37. The summed E-state index contributed by atoms with van der Waals surface area (Å²) >= 11 is 0. The average molecular weight is 1410 g/mol. The molecule has 2 unspecified atom stereocenters. The maximum atomic E-state index is 12.9. The highest BCUT2D eigenvalue weighted by molar-refractivity contribution is 7.45. The van der Waals surface area contributed by atoms with E-state index in [0.29, 0.717) is 17.4 Å². The molecular weight excluding hydrogens is 1240 g/mol. The van der Waals surface area contributed by atoms with Crippen molar-refractivity contribution in [2.24, 2.45) is 0 Å². The molecule has 0 saturated heterocycles. The molecule has 0 N–H and O–H groups in total. The van der Waals surface area contributed by atoms with Crippen LogP contribution in [0.1, 0.15) is 406 Å². The second-order valence-corrected chi connectivity index (χ2v) is 31.2. The molecule has 9 nitrogen and oxygen atoms in total. The van der Waals surface area contributed by atoms with Crippen LogP contribution in [0, 0.1) is 0 Å². The molecule has 0 bridgehead atoms. The van der Waals surface area contributed by atoms with E-state index in [1.54, 1.807) is 0 Å². The van der Waals surface area contributed by atoms with Crippen molar-refractivity contribution < 1.29 is 42.1 Å². The number of phosphoric ester groups is 1. The van der Waals surface area contributed by atoms with Gasteiger partial charge in [0.15, 0.2) is 6.10 Å². The van der Waals surface area contributed by atoms with Crippen LogP contribution in [0.5, 0.6) is 0 Å². The molecule has 10 heteroatoms. The van der Waals surface area contributed by atoms with Crippen molar-refractivity contribution in [2.75, 3.05) is 47.5 Å². The number of carbonyl (C=O) groups is 2. The topological polar surface area (TPSA) is 111 Å². The SMILES string of the molecule is CC/C=C\C/C=C\C/C=C\C/C=C\C/C=C\C/C=C\C/C=C\C/C=C\CCCCCCCCCCCCCCCCC(=O)OC(COC(=O)CCCCCCCCCCCCCCCCCCCCCCCCCCCCCCCCCCCCCC)COP(=O)([O-])OCC[N+](C)(C)C. The largest absolute Gasteiger partial charge is 0.756 e. The van der Waals surface area contributed by atoms with E-state index in [1.165, 1.54) is 283 Å². The molecule has 0 saturated carbocycles. The van der Waals surface area contributed by atoms with Crippen LogP contribution in [0.3, 0.4) is 0 Å². The lowest BCUT2D eigenvalue weighted by molar-refractivity contribution is -0.870. The number of likely N-dealkylation sites (N-methyl/N-ethyl adjacent to an activating group) is 1. The van der Waals surface area contributed by atoms with Crippen LogP contribution in [-0.4, -0.2) is 70.0 Å². The van der Waals surface area contributed by atoms with Crippen molar-refractivity contribution >= 4 is 19.8 Å². The minimum absolute atomic E-state index is 0.0315. The maximum Gasteiger partial charge on any atom is 0.306 e. The summed E-state index contributed by atoms with van der Waals surface area (Å²) in [5, 5.41) is 0. The number of carbonyl (C=O) groups excluding carboxylic acids is 2. The second-order valence-electron chi connectivity index (χ2n) is 29.8. The van der Waals surface area contributed by atoms with E-state index < -0.39 is 26.5 Å². The minimum Gasteiger partial charge on any atom is -0.756 e. The molecule has 99 heavy (non-hydrogen) atoms. The summed E-state index contributed by atoms with van der Waals surface area (Å²) in [6.45, 7) is 4.19. The first-order valence-electron chi connectivity index (χ1n) is 42.4. The summed E-state index contributed by atoms with van der Waals surface area (Å²) in [5.74, 6) is -0.817. The van der Waals surface area contributed by atoms with Crippen molar-refractivity contribution in [3.05, 3.63) is 97.2 Å². The van der Waals surface area contributed by atoms with Gasteiger partial charge in [0.2, 0.25) is 0 Å². The Balaban J connectivity index is 3.93. The molecule has 0 fully saturated rings. The van der Waals surface area contributed by atoms with Crippen molar-refractivity contribution in [1.82, 2.24) is 0 Å². The molecule has 0 amide bonds. The van der Waals surface area contributed by atoms with Crippen molar-refractivity contribution in [3.8, 4) is 0 Å². The van der Waals surface area contributed by atoms with Gasteiger partial charge in [0.1, 0.15) is 19.8 Å². The molecule has 0 aromatic heterocycles. The highest BCUT2D eigenvalue weighted by Crippen LogP contribution is 2.38. The van der Waals surface area contributed by atoms with E-state index in [2.05, 4.69) is 111 Å². The molecule has 0 aromatic rings. The van der Waals surface area contributed by atoms with Gasteiger partial charge >= 0.3 is 11.9 Å². The summed E-state index contributed by atoms with van der Waals surface area (Å²) in [5.41, 5.74) is 0. The zero-order chi connectivity index (χ0) is 71.8. The summed E-state index contributed by atoms with van der Waals surface area (Å²) in [6.07, 6.45) is 111. The van der Waals surface area contributed by atoms with Crippen LogP contribution in [0.4, 0.5) is 0 Å². The fourth-order valence-corrected chi connectivity index (χ4v) is 13.2. The van der Waals surface area contributed by atoms with Crippen molar-refractivity contribution in [1.29, 1.82) is 0 Å². The standard InChI is InChI=1S/C89H162NO8P/c1-6-8-10-12-14-16-18-20-22-24-26-28-30-32-34-36-38-40-42-44-45-46-48-50-52-54-56-58-60-62-64-66-68-70-72-74-76-78-80-82-89(92)98-87(86-97-99(93,94)96-84-83-90(3,4)5)85-95-88(91)81-79-77-75-73-71-69-67-65-63-61-59-57-55-53-51-49-47-43-41-39-37-35-33-31-29-27-25-23-21-19-17-15-13-11-9-7-2/h8,10,14,16,20,22,26,28,32,34,38,40,44-45,48,50,87H,6-7,9,11-13,15,17-19,21,23-25,27,29-31,33,35-37,39,41-43,46-47,49,51-86H2,1-5H3/b10-8-,16-14-,22-20-,28-26-,34-32-,40-38-,45-44-,50-48-. The van der Waals surface area contributed by atoms with Gasteiger partial charge in [0.25, 0.3) is 7.82 Å². The van der Waals surface area contributed by atoms with Crippen molar-refractivity contribution in [3.63, 3.8) is 0 Å². The second kappa shape index (κ2) is 79.1. The Morgan fingerprint density at radius 3 is 0.859 bits per heavy atom. The molecule has 576 valence electrons. The number of allylic oxidation sites excluding steroid dienone is 16. The number of esters is 2. The maximum absolute atomic E-state index is 12.9. The first-order chi connectivity index (χ1) is 48.5. The summed E-state index contributed by atoms with van der Waals surface area (Å²) in [7, 11) is 1.18. The first kappa shape index (κ1) is 95.9. The number of quaternary nitrogens is 1. The van der Waals surface area contributed by atoms with E-state index in [0.717, 1.165) is 89.9 Å². The monoisotopic (exact) mass is 1400 g/mol. The van der Waals surface area contributed by atoms with Gasteiger partial charge in [-0.05, 0) is 77.0 Å². The number of hydrogen-bond acceptors (Lipinski definition) is 8. The number of rotatable bonds is 79. The molecular formula is C89H162NO8P. The fraction of sp³-hybridized carbons (Fsp3) is 0.798. The number of hydrogen-bond donors (Lipinski definition) is 0. The van der Waals surface area contributed by atoms with Crippen LogP contribution in [0.2, 0.25) is 0 Å². The molecule has 0 aromatic carbocycles. The van der Waals surface area contributed by atoms with Gasteiger partial charge in [-0.3, -0.25) is 14.2 Å². The van der Waals surface area contributed by atoms with Gasteiger partial charge in [-0.1, -0.05) is 413 Å². The Kier molecular flexibility index (Phi) is 76.6. The van der Waals surface area contributed by atoms with E-state index in [4.69, 9.17) is 18.5 Å². The highest BCUT2D eigenvalue weighted by Gasteiger charge is 2.22. The smallest absolute Gasteiger partial charge is 0.306 e. The average Bonchev–Trinajstić information content (AvgIpc) is 0.989. The van der Waals surface area contributed by atoms with E-state index in [1.807, 2.05) is 21.1 Å². The number of phosphoric acid groups is 1. The van der Waals surface area contributed by atoms with Crippen LogP contribution in [-0.2, 0) is 32.7 Å². The molecule has 0 radical (unpaired) electrons. The van der Waals surface area contributed by atoms with E-state index >= 15 is 0 Å². The van der Waals surface area contributed by atoms with Crippen LogP contribution < -0.4 is 4.89 Å². The Morgan fingerprint density at radius 1 is 0.323 bits per heavy atom. The Hall–Kier alpha value is -3.07. The predicted octanol–water partition coefficient (Wildman–Crippen LogP) is 27.9. The van der Waals surface area contributed by atoms with Crippen LogP contribution in [0.25, 0.3) is 0 Å². The fourth-order valence-electron chi connectivity index (χ4n) is 12.4. The third-order valence-electron chi connectivity index (χ3n) is 18.9. The van der Waals surface area contributed by atoms with E-state index in [9.17, 15) is 19.0 Å². The quantitative estimate of drug-likeness (QED) is 0.0195. The number of ether oxygens (including phenoxy) is 2. The third-order valence-corrected chi connectivity index (χ3v) is 19.8. The Bertz CT molecular complexity index is 2000. The molecule has 0 spiro atoms. The number of nitrogens with zero attached hydrogens (tertiary/aromatic N) is 1. The van der Waals surface area contributed by atoms with Gasteiger partial charge in [-0.2, -0.15) is 0 Å². The molecule has 0 aliphatic heterocycles. The van der Waals surface area contributed by atoms with Crippen LogP contribution in [0.15, 0.2) is 97.2 Å². The van der Waals surface area contributed by atoms with Gasteiger partial charge in [0.05, 0.1) is 27.7 Å². The molecule has 0 aliphatic carbocycles. The first-order valence-corrected chi connectivity index (χ1v) is 43.9. The summed E-state index contributed by atoms with van der Waals surface area (Å²) in [4.78, 5) is 38.2. The van der Waals surface area contributed by atoms with Gasteiger partial charge in [-0.15, -0.1) is 0 Å². The lowest BCUT2D eigenvalue weighted by atomic mass is 10.0. The number of unbranched alkanes of at least 4 members (excludes halogenated alkanes) is 49. The van der Waals surface area contributed by atoms with Gasteiger partial charge in [-0.25, -0.2) is 0 Å². The molecule has 0 heterocycles. The highest BCUT2D eigenvalue weighted by atomic mass is 31.2. The predicted molar refractivity (Wildman–Crippen MR) is 429 cm³/mol. The van der Waals surface area contributed by atoms with Gasteiger partial charge < -0.3 is 27.9 Å². The van der Waals surface area contributed by atoms with Crippen LogP contribution >= 0.6 is 7.82 Å². The summed E-state index contributed by atoms with van der Waals surface area (Å²) < 4.78 is 34.5. The molecule has 0 rings (SSSR count). The Labute approximate surface area is 614 Å². The third kappa shape index (κ3) is 83.8. The zero-order valence-electron chi connectivity index (χ0n) is 65.9. The Morgan fingerprint density at radius 2 is 0.576 bits per heavy atom.